The second-order valence-electron chi connectivity index (χ2n) is 12.1. The number of benzene rings is 1. The van der Waals surface area contributed by atoms with Gasteiger partial charge in [0.05, 0.1) is 18.4 Å². The van der Waals surface area contributed by atoms with Crippen molar-refractivity contribution in [3.63, 3.8) is 0 Å². The average molecular weight is 605 g/mol. The zero-order chi connectivity index (χ0) is 31.0. The van der Waals surface area contributed by atoms with Gasteiger partial charge in [0.2, 0.25) is 5.91 Å². The molecule has 236 valence electrons. The molecule has 0 saturated carbocycles. The third-order valence-corrected chi connectivity index (χ3v) is 7.82. The van der Waals surface area contributed by atoms with Gasteiger partial charge in [0.15, 0.2) is 5.69 Å². The average Bonchev–Trinajstić information content (AvgIpc) is 3.29. The predicted molar refractivity (Wildman–Crippen MR) is 170 cm³/mol. The zero-order valence-corrected chi connectivity index (χ0v) is 26.9. The van der Waals surface area contributed by atoms with Crippen molar-refractivity contribution in [3.05, 3.63) is 42.6 Å². The number of aromatic nitrogens is 2. The van der Waals surface area contributed by atoms with E-state index in [0.29, 0.717) is 18.8 Å². The Hall–Kier alpha value is -2.72. The minimum atomic E-state index is -3.32. The van der Waals surface area contributed by atoms with Gasteiger partial charge in [0.25, 0.3) is 16.0 Å². The highest BCUT2D eigenvalue weighted by molar-refractivity contribution is 7.85. The fourth-order valence-electron chi connectivity index (χ4n) is 4.89. The van der Waals surface area contributed by atoms with Crippen LogP contribution in [0.2, 0.25) is 0 Å². The summed E-state index contributed by atoms with van der Waals surface area (Å²) >= 11 is 0. The van der Waals surface area contributed by atoms with E-state index in [1.807, 2.05) is 55.8 Å². The Balaban J connectivity index is 1.72. The van der Waals surface area contributed by atoms with E-state index in [4.69, 9.17) is 4.18 Å². The van der Waals surface area contributed by atoms with Gasteiger partial charge in [-0.1, -0.05) is 96.4 Å². The molecule has 0 aliphatic heterocycles. The van der Waals surface area contributed by atoms with E-state index >= 15 is 0 Å². The van der Waals surface area contributed by atoms with Crippen LogP contribution in [0.3, 0.4) is 0 Å². The second-order valence-corrected chi connectivity index (χ2v) is 13.8. The first kappa shape index (κ1) is 35.5. The molecule has 1 aromatic carbocycles. The summed E-state index contributed by atoms with van der Waals surface area (Å²) in [6.45, 7) is 11.2. The summed E-state index contributed by atoms with van der Waals surface area (Å²) in [5.74, 6) is -0.515. The number of carbonyl (C=O) groups excluding carboxylic acids is 2. The summed E-state index contributed by atoms with van der Waals surface area (Å²) in [5, 5.41) is 11.4. The standard InChI is InChI=1S/C32H52N4O5S/c1-6-7-19-24-36-27-22-17-16-21-26(27)28(35-36)30(37)34-29(32(2,3)4)31(38)33-23-18-14-12-10-8-9-11-13-15-20-25-41-42(5,39)40/h6,16-17,21-22,29H,1,7-15,18-20,23-25H2,2-5H3,(H,33,38)(H,34,37)/t29-/m1/s1. The van der Waals surface area contributed by atoms with Crippen LogP contribution in [0.1, 0.15) is 108 Å². The van der Waals surface area contributed by atoms with Gasteiger partial charge in [-0.15, -0.1) is 6.58 Å². The number of carbonyl (C=O) groups is 2. The number of hydrogen-bond donors (Lipinski definition) is 2. The lowest BCUT2D eigenvalue weighted by molar-refractivity contribution is -0.125. The summed E-state index contributed by atoms with van der Waals surface area (Å²) in [6.07, 6.45) is 15.3. The predicted octanol–water partition coefficient (Wildman–Crippen LogP) is 6.14. The quantitative estimate of drug-likeness (QED) is 0.100. The number of fused-ring (bicyclic) bond motifs is 1. The number of aryl methyl sites for hydroxylation is 1. The van der Waals surface area contributed by atoms with Crippen molar-refractivity contribution in [2.45, 2.75) is 110 Å². The minimum Gasteiger partial charge on any atom is -0.354 e. The van der Waals surface area contributed by atoms with Crippen molar-refractivity contribution in [2.24, 2.45) is 5.41 Å². The van der Waals surface area contributed by atoms with E-state index in [2.05, 4.69) is 22.3 Å². The fraction of sp³-hybridized carbons (Fsp3) is 0.656. The van der Waals surface area contributed by atoms with Gasteiger partial charge in [-0.3, -0.25) is 18.5 Å². The van der Waals surface area contributed by atoms with Crippen LogP contribution in [-0.2, 0) is 25.6 Å². The number of rotatable bonds is 21. The first-order valence-electron chi connectivity index (χ1n) is 15.4. The van der Waals surface area contributed by atoms with Crippen LogP contribution in [0.15, 0.2) is 36.9 Å². The lowest BCUT2D eigenvalue weighted by Crippen LogP contribution is -2.53. The molecule has 0 bridgehead atoms. The number of amides is 2. The lowest BCUT2D eigenvalue weighted by atomic mass is 9.86. The van der Waals surface area contributed by atoms with Gasteiger partial charge < -0.3 is 10.6 Å². The lowest BCUT2D eigenvalue weighted by Gasteiger charge is -2.30. The van der Waals surface area contributed by atoms with E-state index in [0.717, 1.165) is 74.9 Å². The summed E-state index contributed by atoms with van der Waals surface area (Å²) < 4.78 is 28.5. The third-order valence-electron chi connectivity index (χ3n) is 7.22. The second kappa shape index (κ2) is 18.1. The summed E-state index contributed by atoms with van der Waals surface area (Å²) in [6, 6.07) is 7.00. The monoisotopic (exact) mass is 604 g/mol. The molecular formula is C32H52N4O5S. The molecule has 0 aliphatic rings. The van der Waals surface area contributed by atoms with Crippen molar-refractivity contribution in [1.82, 2.24) is 20.4 Å². The normalized spacial score (nSPS) is 12.8. The smallest absolute Gasteiger partial charge is 0.273 e. The molecule has 0 unspecified atom stereocenters. The molecule has 0 spiro atoms. The minimum absolute atomic E-state index is 0.174. The SMILES string of the molecule is C=CCCCn1nc(C(=O)N[C@H](C(=O)NCCCCCCCCCCCCOS(C)(=O)=O)C(C)(C)C)c2ccccc21. The van der Waals surface area contributed by atoms with E-state index in [-0.39, 0.29) is 18.4 Å². The van der Waals surface area contributed by atoms with Crippen molar-refractivity contribution in [2.75, 3.05) is 19.4 Å². The van der Waals surface area contributed by atoms with Gasteiger partial charge in [-0.25, -0.2) is 0 Å². The Morgan fingerprint density at radius 3 is 2.17 bits per heavy atom. The first-order chi connectivity index (χ1) is 19.9. The number of allylic oxidation sites excluding steroid dienone is 1. The molecule has 0 fully saturated rings. The fourth-order valence-corrected chi connectivity index (χ4v) is 5.31. The Bertz CT molecular complexity index is 1230. The molecule has 0 aliphatic carbocycles. The molecule has 0 radical (unpaired) electrons. The van der Waals surface area contributed by atoms with Gasteiger partial charge in [-0.05, 0) is 37.2 Å². The Labute approximate surface area is 253 Å². The molecule has 42 heavy (non-hydrogen) atoms. The van der Waals surface area contributed by atoms with Crippen LogP contribution in [-0.4, -0.2) is 55.5 Å². The van der Waals surface area contributed by atoms with E-state index < -0.39 is 21.6 Å². The van der Waals surface area contributed by atoms with Gasteiger partial charge in [-0.2, -0.15) is 13.5 Å². The topological polar surface area (TPSA) is 119 Å². The Morgan fingerprint density at radius 1 is 0.976 bits per heavy atom. The Morgan fingerprint density at radius 2 is 1.57 bits per heavy atom. The Kier molecular flexibility index (Phi) is 15.3. The van der Waals surface area contributed by atoms with Crippen molar-refractivity contribution in [3.8, 4) is 0 Å². The summed E-state index contributed by atoms with van der Waals surface area (Å²) in [4.78, 5) is 26.5. The number of hydrogen-bond acceptors (Lipinski definition) is 6. The van der Waals surface area contributed by atoms with Gasteiger partial charge >= 0.3 is 0 Å². The molecule has 2 amide bonds. The highest BCUT2D eigenvalue weighted by atomic mass is 32.2. The molecule has 2 rings (SSSR count). The van der Waals surface area contributed by atoms with Crippen LogP contribution in [0.25, 0.3) is 10.9 Å². The molecular weight excluding hydrogens is 552 g/mol. The maximum Gasteiger partial charge on any atom is 0.273 e. The molecule has 1 heterocycles. The third kappa shape index (κ3) is 13.1. The highest BCUT2D eigenvalue weighted by Crippen LogP contribution is 2.23. The zero-order valence-electron chi connectivity index (χ0n) is 26.1. The number of para-hydroxylation sites is 1. The van der Waals surface area contributed by atoms with Crippen LogP contribution < -0.4 is 10.6 Å². The van der Waals surface area contributed by atoms with Crippen LogP contribution in [0, 0.1) is 5.41 Å². The van der Waals surface area contributed by atoms with Crippen LogP contribution >= 0.6 is 0 Å². The number of nitrogens with one attached hydrogen (secondary N) is 2. The molecule has 10 heteroatoms. The van der Waals surface area contributed by atoms with E-state index in [9.17, 15) is 18.0 Å². The summed E-state index contributed by atoms with van der Waals surface area (Å²) in [7, 11) is -3.32. The van der Waals surface area contributed by atoms with Crippen molar-refractivity contribution >= 4 is 32.8 Å². The molecule has 2 aromatic rings. The first-order valence-corrected chi connectivity index (χ1v) is 17.2. The maximum atomic E-state index is 13.4. The highest BCUT2D eigenvalue weighted by Gasteiger charge is 2.33. The summed E-state index contributed by atoms with van der Waals surface area (Å²) in [5.41, 5.74) is 0.774. The van der Waals surface area contributed by atoms with Crippen LogP contribution in [0.4, 0.5) is 0 Å². The number of nitrogens with zero attached hydrogens (tertiary/aromatic N) is 2. The van der Waals surface area contributed by atoms with Crippen molar-refractivity contribution < 1.29 is 22.2 Å². The molecule has 2 N–H and O–H groups in total. The molecule has 1 aromatic heterocycles. The van der Waals surface area contributed by atoms with Crippen molar-refractivity contribution in [1.29, 1.82) is 0 Å². The van der Waals surface area contributed by atoms with Gasteiger partial charge in [0, 0.05) is 18.5 Å². The molecule has 9 nitrogen and oxygen atoms in total. The van der Waals surface area contributed by atoms with E-state index in [1.54, 1.807) is 0 Å². The van der Waals surface area contributed by atoms with E-state index in [1.165, 1.54) is 19.3 Å². The van der Waals surface area contributed by atoms with Crippen LogP contribution in [0.5, 0.6) is 0 Å². The number of unbranched alkanes of at least 4 members (excludes halogenated alkanes) is 10. The molecule has 1 atom stereocenters. The largest absolute Gasteiger partial charge is 0.354 e. The maximum absolute atomic E-state index is 13.4. The molecule has 0 saturated heterocycles. The van der Waals surface area contributed by atoms with Gasteiger partial charge in [0.1, 0.15) is 6.04 Å².